The first-order chi connectivity index (χ1) is 15.5. The van der Waals surface area contributed by atoms with Crippen molar-refractivity contribution >= 4 is 16.8 Å². The van der Waals surface area contributed by atoms with E-state index in [2.05, 4.69) is 46.5 Å². The Balaban J connectivity index is 1.36. The minimum absolute atomic E-state index is 0.118. The van der Waals surface area contributed by atoms with Crippen molar-refractivity contribution in [3.63, 3.8) is 0 Å². The second-order valence-electron chi connectivity index (χ2n) is 7.93. The summed E-state index contributed by atoms with van der Waals surface area (Å²) in [5.41, 5.74) is 3.92. The zero-order valence-corrected chi connectivity index (χ0v) is 18.1. The van der Waals surface area contributed by atoms with Crippen LogP contribution in [0.4, 0.5) is 0 Å². The summed E-state index contributed by atoms with van der Waals surface area (Å²) in [5.74, 6) is 0.508. The molecular weight excluding hydrogens is 402 g/mol. The van der Waals surface area contributed by atoms with Gasteiger partial charge in [0.05, 0.1) is 22.8 Å². The van der Waals surface area contributed by atoms with E-state index in [4.69, 9.17) is 4.74 Å². The van der Waals surface area contributed by atoms with E-state index < -0.39 is 0 Å². The van der Waals surface area contributed by atoms with Crippen LogP contribution >= 0.6 is 0 Å². The van der Waals surface area contributed by atoms with Crippen LogP contribution in [0, 0.1) is 6.92 Å². The monoisotopic (exact) mass is 427 g/mol. The van der Waals surface area contributed by atoms with E-state index in [1.807, 2.05) is 31.2 Å². The van der Waals surface area contributed by atoms with Crippen LogP contribution in [0.5, 0.6) is 5.75 Å². The summed E-state index contributed by atoms with van der Waals surface area (Å²) < 4.78 is 5.86. The molecule has 6 nitrogen and oxygen atoms in total. The molecule has 32 heavy (non-hydrogen) atoms. The first kappa shape index (κ1) is 21.3. The number of fused-ring (bicyclic) bond motifs is 1. The Hall–Kier alpha value is -3.93. The Morgan fingerprint density at radius 3 is 2.50 bits per heavy atom. The van der Waals surface area contributed by atoms with Crippen LogP contribution in [-0.2, 0) is 13.0 Å². The van der Waals surface area contributed by atoms with Gasteiger partial charge >= 0.3 is 0 Å². The van der Waals surface area contributed by atoms with Gasteiger partial charge in [0.2, 0.25) is 0 Å². The molecule has 0 aliphatic carbocycles. The van der Waals surface area contributed by atoms with Gasteiger partial charge in [-0.25, -0.2) is 4.98 Å². The molecule has 0 saturated heterocycles. The summed E-state index contributed by atoms with van der Waals surface area (Å²) in [6.45, 7) is 4.52. The molecule has 4 rings (SSSR count). The van der Waals surface area contributed by atoms with Crippen LogP contribution in [0.15, 0.2) is 77.9 Å². The van der Waals surface area contributed by atoms with Crippen molar-refractivity contribution < 1.29 is 9.53 Å². The predicted molar refractivity (Wildman–Crippen MR) is 125 cm³/mol. The molecule has 1 amide bonds. The minimum Gasteiger partial charge on any atom is -0.489 e. The van der Waals surface area contributed by atoms with Crippen molar-refractivity contribution in [3.05, 3.63) is 106 Å². The number of carbonyl (C=O) groups is 1. The number of hydrogen-bond donors (Lipinski definition) is 2. The molecule has 0 saturated carbocycles. The largest absolute Gasteiger partial charge is 0.489 e. The number of benzene rings is 3. The van der Waals surface area contributed by atoms with Crippen molar-refractivity contribution in [2.75, 3.05) is 0 Å². The summed E-state index contributed by atoms with van der Waals surface area (Å²) in [5, 5.41) is 3.28. The maximum absolute atomic E-state index is 12.8. The van der Waals surface area contributed by atoms with E-state index in [9.17, 15) is 9.59 Å². The topological polar surface area (TPSA) is 84.1 Å². The third kappa shape index (κ3) is 5.03. The molecule has 162 valence electrons. The van der Waals surface area contributed by atoms with E-state index in [1.54, 1.807) is 18.2 Å². The first-order valence-corrected chi connectivity index (χ1v) is 10.5. The smallest absolute Gasteiger partial charge is 0.259 e. The number of nitrogens with zero attached hydrogens (tertiary/aromatic N) is 1. The molecule has 1 heterocycles. The molecule has 1 unspecified atom stereocenters. The normalized spacial score (nSPS) is 11.8. The highest BCUT2D eigenvalue weighted by Gasteiger charge is 2.15. The number of aromatic amines is 1. The maximum atomic E-state index is 12.8. The highest BCUT2D eigenvalue weighted by atomic mass is 16.5. The van der Waals surface area contributed by atoms with Gasteiger partial charge in [-0.05, 0) is 55.7 Å². The number of H-pyrrole nitrogens is 1. The zero-order chi connectivity index (χ0) is 22.5. The van der Waals surface area contributed by atoms with Crippen molar-refractivity contribution in [2.24, 2.45) is 0 Å². The second-order valence-corrected chi connectivity index (χ2v) is 7.93. The van der Waals surface area contributed by atoms with E-state index in [0.717, 1.165) is 16.9 Å². The lowest BCUT2D eigenvalue weighted by Crippen LogP contribution is -2.34. The first-order valence-electron chi connectivity index (χ1n) is 10.5. The van der Waals surface area contributed by atoms with Crippen molar-refractivity contribution in [3.8, 4) is 5.75 Å². The number of aromatic nitrogens is 2. The number of amides is 1. The molecule has 0 aliphatic rings. The van der Waals surface area contributed by atoms with Gasteiger partial charge in [0, 0.05) is 6.04 Å². The average molecular weight is 428 g/mol. The molecule has 4 aromatic rings. The highest BCUT2D eigenvalue weighted by Crippen LogP contribution is 2.16. The number of rotatable bonds is 7. The Labute approximate surface area is 186 Å². The fourth-order valence-electron chi connectivity index (χ4n) is 3.59. The molecule has 0 spiro atoms. The molecule has 2 N–H and O–H groups in total. The van der Waals surface area contributed by atoms with Crippen LogP contribution in [0.1, 0.15) is 34.0 Å². The van der Waals surface area contributed by atoms with Crippen molar-refractivity contribution in [1.29, 1.82) is 0 Å². The molecule has 1 atom stereocenters. The summed E-state index contributed by atoms with van der Waals surface area (Å²) in [6.07, 6.45) is 1.99. The van der Waals surface area contributed by atoms with Crippen LogP contribution in [0.25, 0.3) is 10.9 Å². The van der Waals surface area contributed by atoms with Crippen LogP contribution in [0.2, 0.25) is 0 Å². The van der Waals surface area contributed by atoms with Crippen LogP contribution < -0.4 is 15.6 Å². The number of carbonyl (C=O) groups excluding carboxylic acids is 1. The molecule has 3 aromatic carbocycles. The fourth-order valence-corrected chi connectivity index (χ4v) is 3.59. The second kappa shape index (κ2) is 9.47. The lowest BCUT2D eigenvalue weighted by molar-refractivity contribution is 0.0941. The third-order valence-electron chi connectivity index (χ3n) is 5.28. The maximum Gasteiger partial charge on any atom is 0.259 e. The Kier molecular flexibility index (Phi) is 6.31. The Bertz CT molecular complexity index is 1270. The van der Waals surface area contributed by atoms with Gasteiger partial charge < -0.3 is 15.0 Å². The van der Waals surface area contributed by atoms with Gasteiger partial charge in [-0.2, -0.15) is 0 Å². The molecule has 6 heteroatoms. The Morgan fingerprint density at radius 1 is 1.03 bits per heavy atom. The van der Waals surface area contributed by atoms with Crippen molar-refractivity contribution in [2.45, 2.75) is 32.9 Å². The summed E-state index contributed by atoms with van der Waals surface area (Å²) >= 11 is 0. The van der Waals surface area contributed by atoms with E-state index in [1.165, 1.54) is 11.9 Å². The lowest BCUT2D eigenvalue weighted by atomic mass is 10.1. The third-order valence-corrected chi connectivity index (χ3v) is 5.28. The van der Waals surface area contributed by atoms with E-state index >= 15 is 0 Å². The van der Waals surface area contributed by atoms with E-state index in [-0.39, 0.29) is 17.5 Å². The molecular formula is C26H25N3O3. The van der Waals surface area contributed by atoms with Gasteiger partial charge in [-0.3, -0.25) is 9.59 Å². The van der Waals surface area contributed by atoms with Gasteiger partial charge in [0.25, 0.3) is 11.5 Å². The number of nitrogens with one attached hydrogen (secondary N) is 2. The van der Waals surface area contributed by atoms with Gasteiger partial charge in [-0.1, -0.05) is 48.0 Å². The van der Waals surface area contributed by atoms with E-state index in [0.29, 0.717) is 29.5 Å². The van der Waals surface area contributed by atoms with Crippen LogP contribution in [0.3, 0.4) is 0 Å². The Morgan fingerprint density at radius 2 is 1.75 bits per heavy atom. The summed E-state index contributed by atoms with van der Waals surface area (Å²) in [7, 11) is 0. The molecule has 0 radical (unpaired) electrons. The lowest BCUT2D eigenvalue weighted by Gasteiger charge is -2.15. The van der Waals surface area contributed by atoms with Gasteiger partial charge in [-0.15, -0.1) is 0 Å². The SMILES string of the molecule is Cc1ccc(COc2ccc(CC(C)NC(=O)c3cccc4nc[nH]c(=O)c34)cc2)cc1. The van der Waals surface area contributed by atoms with Gasteiger partial charge in [0.15, 0.2) is 0 Å². The van der Waals surface area contributed by atoms with Crippen molar-refractivity contribution in [1.82, 2.24) is 15.3 Å². The fraction of sp³-hybridized carbons (Fsp3) is 0.192. The molecule has 0 bridgehead atoms. The zero-order valence-electron chi connectivity index (χ0n) is 18.1. The number of hydrogen-bond acceptors (Lipinski definition) is 4. The predicted octanol–water partition coefficient (Wildman–Crippen LogP) is 4.17. The summed E-state index contributed by atoms with van der Waals surface area (Å²) in [4.78, 5) is 31.6. The molecule has 0 fully saturated rings. The highest BCUT2D eigenvalue weighted by molar-refractivity contribution is 6.05. The van der Waals surface area contributed by atoms with Crippen LogP contribution in [-0.4, -0.2) is 21.9 Å². The van der Waals surface area contributed by atoms with Gasteiger partial charge in [0.1, 0.15) is 12.4 Å². The molecule has 0 aliphatic heterocycles. The minimum atomic E-state index is -0.324. The molecule has 1 aromatic heterocycles. The average Bonchev–Trinajstić information content (AvgIpc) is 2.79. The number of aryl methyl sites for hydroxylation is 1. The standard InChI is InChI=1S/C26H25N3O3/c1-17-6-8-20(9-7-17)15-32-21-12-10-19(11-13-21)14-18(2)29-25(30)22-4-3-5-23-24(22)26(31)28-16-27-23/h3-13,16,18H,14-15H2,1-2H3,(H,29,30)(H,27,28,31). The summed E-state index contributed by atoms with van der Waals surface area (Å²) in [6, 6.07) is 21.1. The quantitative estimate of drug-likeness (QED) is 0.464. The number of ether oxygens (including phenoxy) is 1.